The number of carbonyl (C=O) groups excluding carboxylic acids is 1. The number of carbonyl (C=O) groups is 1. The number of aliphatic imine (C=N–C) groups is 1. The Morgan fingerprint density at radius 3 is 2.32 bits per heavy atom. The third kappa shape index (κ3) is 10.1. The van der Waals surface area contributed by atoms with Gasteiger partial charge < -0.3 is 14.0 Å². The highest BCUT2D eigenvalue weighted by Gasteiger charge is 2.17. The number of ether oxygens (including phenoxy) is 2. The molecule has 2 heterocycles. The molecule has 0 saturated carbocycles. The third-order valence-corrected chi connectivity index (χ3v) is 4.79. The van der Waals surface area contributed by atoms with Gasteiger partial charge in [-0.25, -0.2) is 4.99 Å². The molecule has 0 spiro atoms. The largest absolute Gasteiger partial charge is 0.484 e. The zero-order valence-electron chi connectivity index (χ0n) is 22.6. The van der Waals surface area contributed by atoms with E-state index in [1.54, 1.807) is 48.7 Å². The number of benzene rings is 2. The van der Waals surface area contributed by atoms with Crippen LogP contribution in [0.1, 0.15) is 67.0 Å². The van der Waals surface area contributed by atoms with E-state index in [0.29, 0.717) is 45.1 Å². The number of fused-ring (bicyclic) bond motifs is 1. The minimum Gasteiger partial charge on any atom is -0.484 e. The Balaban J connectivity index is 0.000000894. The first-order chi connectivity index (χ1) is 17.9. The van der Waals surface area contributed by atoms with E-state index in [2.05, 4.69) is 24.0 Å². The second-order valence-electron chi connectivity index (χ2n) is 7.29. The van der Waals surface area contributed by atoms with E-state index in [9.17, 15) is 4.79 Å². The SMILES string of the molecule is CC.CC.CC(=O)COc1cc2c(C3=CN=C(Oc4ccc(Cl)cc4)C=CC3)noc2cc1Cl.CCC. The van der Waals surface area contributed by atoms with Crippen LogP contribution in [0.3, 0.4) is 0 Å². The number of nitrogens with zero attached hydrogens (tertiary/aromatic N) is 2. The first-order valence-corrected chi connectivity index (χ1v) is 13.2. The monoisotopic (exact) mass is 546 g/mol. The van der Waals surface area contributed by atoms with Gasteiger partial charge in [0.25, 0.3) is 0 Å². The molecule has 200 valence electrons. The van der Waals surface area contributed by atoms with Crippen LogP contribution in [0.4, 0.5) is 0 Å². The summed E-state index contributed by atoms with van der Waals surface area (Å²) in [5, 5.41) is 5.87. The van der Waals surface area contributed by atoms with Gasteiger partial charge in [-0.1, -0.05) is 82.4 Å². The summed E-state index contributed by atoms with van der Waals surface area (Å²) >= 11 is 12.1. The van der Waals surface area contributed by atoms with E-state index >= 15 is 0 Å². The molecule has 0 bridgehead atoms. The Kier molecular flexibility index (Phi) is 15.0. The van der Waals surface area contributed by atoms with Gasteiger partial charge in [0.05, 0.1) is 10.4 Å². The molecular formula is C29H36Cl2N2O4. The smallest absolute Gasteiger partial charge is 0.218 e. The molecule has 0 atom stereocenters. The van der Waals surface area contributed by atoms with Crippen LogP contribution in [0.15, 0.2) is 64.3 Å². The van der Waals surface area contributed by atoms with Crippen LogP contribution >= 0.6 is 23.2 Å². The minimum atomic E-state index is -0.101. The Hall–Kier alpha value is -3.09. The molecule has 6 nitrogen and oxygen atoms in total. The maximum Gasteiger partial charge on any atom is 0.218 e. The number of aromatic nitrogens is 1. The van der Waals surface area contributed by atoms with Crippen LogP contribution in [0.2, 0.25) is 10.0 Å². The fraction of sp³-hybridized carbons (Fsp3) is 0.345. The van der Waals surface area contributed by atoms with Gasteiger partial charge in [0.15, 0.2) is 11.4 Å². The highest BCUT2D eigenvalue weighted by atomic mass is 35.5. The van der Waals surface area contributed by atoms with Crippen LogP contribution in [0.5, 0.6) is 11.5 Å². The van der Waals surface area contributed by atoms with Crippen molar-refractivity contribution in [2.24, 2.45) is 4.99 Å². The predicted molar refractivity (Wildman–Crippen MR) is 155 cm³/mol. The van der Waals surface area contributed by atoms with Gasteiger partial charge in [0.2, 0.25) is 5.90 Å². The summed E-state index contributed by atoms with van der Waals surface area (Å²) in [5.41, 5.74) is 1.97. The van der Waals surface area contributed by atoms with E-state index in [1.165, 1.54) is 13.3 Å². The van der Waals surface area contributed by atoms with Crippen LogP contribution < -0.4 is 9.47 Å². The zero-order valence-corrected chi connectivity index (χ0v) is 24.1. The lowest BCUT2D eigenvalue weighted by molar-refractivity contribution is -0.118. The number of ketones is 1. The van der Waals surface area contributed by atoms with Gasteiger partial charge >= 0.3 is 0 Å². The highest BCUT2D eigenvalue weighted by molar-refractivity contribution is 6.32. The normalized spacial score (nSPS) is 11.8. The average molecular weight is 548 g/mol. The van der Waals surface area contributed by atoms with Crippen molar-refractivity contribution in [3.63, 3.8) is 0 Å². The number of halogens is 2. The molecule has 0 saturated heterocycles. The first-order valence-electron chi connectivity index (χ1n) is 12.5. The van der Waals surface area contributed by atoms with Crippen molar-refractivity contribution in [1.82, 2.24) is 5.16 Å². The fourth-order valence-corrected chi connectivity index (χ4v) is 3.16. The molecule has 0 amide bonds. The first kappa shape index (κ1) is 31.9. The van der Waals surface area contributed by atoms with Crippen LogP contribution in [-0.2, 0) is 4.79 Å². The molecule has 37 heavy (non-hydrogen) atoms. The van der Waals surface area contributed by atoms with Gasteiger partial charge in [-0.15, -0.1) is 0 Å². The topological polar surface area (TPSA) is 73.9 Å². The van der Waals surface area contributed by atoms with Crippen LogP contribution in [0.25, 0.3) is 16.5 Å². The second kappa shape index (κ2) is 17.4. The third-order valence-electron chi connectivity index (χ3n) is 4.24. The number of allylic oxidation sites excluding steroid dienone is 2. The number of Topliss-reactive ketones (excluding diaryl/α,β-unsaturated/α-hetero) is 1. The Labute approximate surface area is 229 Å². The van der Waals surface area contributed by atoms with Gasteiger partial charge in [0, 0.05) is 22.9 Å². The van der Waals surface area contributed by atoms with Crippen molar-refractivity contribution in [3.8, 4) is 11.5 Å². The van der Waals surface area contributed by atoms with E-state index in [0.717, 1.165) is 11.0 Å². The lowest BCUT2D eigenvalue weighted by Gasteiger charge is -2.06. The summed E-state index contributed by atoms with van der Waals surface area (Å²) in [4.78, 5) is 15.6. The summed E-state index contributed by atoms with van der Waals surface area (Å²) in [7, 11) is 0. The lowest BCUT2D eigenvalue weighted by atomic mass is 10.1. The van der Waals surface area contributed by atoms with Crippen molar-refractivity contribution < 1.29 is 18.8 Å². The molecule has 0 radical (unpaired) electrons. The van der Waals surface area contributed by atoms with Crippen molar-refractivity contribution in [2.45, 2.75) is 61.3 Å². The lowest BCUT2D eigenvalue weighted by Crippen LogP contribution is -2.06. The Bertz CT molecular complexity index is 1210. The van der Waals surface area contributed by atoms with Crippen molar-refractivity contribution in [1.29, 1.82) is 0 Å². The number of hydrogen-bond acceptors (Lipinski definition) is 6. The Morgan fingerprint density at radius 1 is 1.05 bits per heavy atom. The molecule has 1 aromatic heterocycles. The average Bonchev–Trinajstić information content (AvgIpc) is 3.16. The molecule has 3 aromatic rings. The zero-order chi connectivity index (χ0) is 27.8. The molecule has 4 rings (SSSR count). The second-order valence-corrected chi connectivity index (χ2v) is 8.14. The van der Waals surface area contributed by atoms with Crippen molar-refractivity contribution in [2.75, 3.05) is 6.61 Å². The van der Waals surface area contributed by atoms with Crippen LogP contribution in [0, 0.1) is 0 Å². The molecule has 1 aliphatic rings. The summed E-state index contributed by atoms with van der Waals surface area (Å²) in [6.45, 7) is 13.6. The van der Waals surface area contributed by atoms with Crippen LogP contribution in [-0.4, -0.2) is 23.4 Å². The summed E-state index contributed by atoms with van der Waals surface area (Å²) in [5.74, 6) is 1.36. The minimum absolute atomic E-state index is 0.0625. The number of rotatable bonds is 5. The molecule has 0 fully saturated rings. The quantitative estimate of drug-likeness (QED) is 0.318. The summed E-state index contributed by atoms with van der Waals surface area (Å²) in [6.07, 6.45) is 7.23. The maximum atomic E-state index is 11.2. The van der Waals surface area contributed by atoms with Gasteiger partial charge in [-0.05, 0) is 49.8 Å². The Morgan fingerprint density at radius 2 is 1.70 bits per heavy atom. The van der Waals surface area contributed by atoms with Gasteiger partial charge in [-0.3, -0.25) is 4.79 Å². The standard InChI is InChI=1S/C22H16Cl2N2O4.C3H8.2C2H6/c1-13(27)12-28-20-9-17-19(10-18(20)24)30-26-22(17)14-3-2-4-21(25-11-14)29-16-7-5-15(23)6-8-16;1-3-2;2*1-2/h2,4-11H,3,12H2,1H3;3H2,1-2H3;2*1-2H3. The maximum absolute atomic E-state index is 11.2. The number of hydrogen-bond donors (Lipinski definition) is 0. The molecular weight excluding hydrogens is 511 g/mol. The van der Waals surface area contributed by atoms with E-state index in [4.69, 9.17) is 37.2 Å². The molecule has 2 aromatic carbocycles. The molecule has 0 unspecified atom stereocenters. The summed E-state index contributed by atoms with van der Waals surface area (Å²) < 4.78 is 16.7. The highest BCUT2D eigenvalue weighted by Crippen LogP contribution is 2.35. The van der Waals surface area contributed by atoms with E-state index < -0.39 is 0 Å². The van der Waals surface area contributed by atoms with Gasteiger partial charge in [0.1, 0.15) is 23.8 Å². The van der Waals surface area contributed by atoms with Crippen molar-refractivity contribution in [3.05, 3.63) is 70.5 Å². The fourth-order valence-electron chi connectivity index (χ4n) is 2.83. The molecule has 1 aliphatic heterocycles. The molecule has 0 N–H and O–H groups in total. The van der Waals surface area contributed by atoms with Gasteiger partial charge in [-0.2, -0.15) is 0 Å². The van der Waals surface area contributed by atoms with E-state index in [1.807, 2.05) is 33.8 Å². The molecule has 8 heteroatoms. The van der Waals surface area contributed by atoms with Crippen molar-refractivity contribution >= 4 is 51.4 Å². The molecule has 0 aliphatic carbocycles. The predicted octanol–water partition coefficient (Wildman–Crippen LogP) is 9.35. The summed E-state index contributed by atoms with van der Waals surface area (Å²) in [6, 6.07) is 10.4. The van der Waals surface area contributed by atoms with E-state index in [-0.39, 0.29) is 12.4 Å².